The van der Waals surface area contributed by atoms with Gasteiger partial charge in [0.2, 0.25) is 0 Å². The zero-order valence-electron chi connectivity index (χ0n) is 8.51. The number of carbonyl (C=O) groups excluding carboxylic acids is 1. The molecular formula is C13H9NO2. The van der Waals surface area contributed by atoms with Crippen molar-refractivity contribution in [2.24, 2.45) is 4.99 Å². The van der Waals surface area contributed by atoms with Crippen molar-refractivity contribution in [2.75, 3.05) is 0 Å². The molecule has 16 heavy (non-hydrogen) atoms. The third kappa shape index (κ3) is 1.46. The largest absolute Gasteiger partial charge is 0.486 e. The van der Waals surface area contributed by atoms with Gasteiger partial charge in [-0.2, -0.15) is 0 Å². The maximum absolute atomic E-state index is 11.2. The molecule has 2 aliphatic rings. The van der Waals surface area contributed by atoms with E-state index in [9.17, 15) is 4.79 Å². The lowest BCUT2D eigenvalue weighted by Gasteiger charge is -2.08. The monoisotopic (exact) mass is 211 g/mol. The molecule has 3 nitrogen and oxygen atoms in total. The molecule has 0 atom stereocenters. The van der Waals surface area contributed by atoms with E-state index in [-0.39, 0.29) is 5.78 Å². The van der Waals surface area contributed by atoms with Gasteiger partial charge in [0.15, 0.2) is 5.78 Å². The second-order valence-corrected chi connectivity index (χ2v) is 3.66. The first-order chi connectivity index (χ1) is 7.83. The Bertz CT molecular complexity index is 553. The lowest BCUT2D eigenvalue weighted by atomic mass is 10.1. The van der Waals surface area contributed by atoms with Crippen LogP contribution >= 0.6 is 0 Å². The summed E-state index contributed by atoms with van der Waals surface area (Å²) in [6, 6.07) is 7.81. The number of carbonyl (C=O) groups is 1. The van der Waals surface area contributed by atoms with Crippen LogP contribution in [0, 0.1) is 0 Å². The summed E-state index contributed by atoms with van der Waals surface area (Å²) in [5.41, 5.74) is 2.65. The molecule has 1 aliphatic carbocycles. The van der Waals surface area contributed by atoms with Gasteiger partial charge in [-0.25, -0.2) is 4.99 Å². The SMILES string of the molecule is O=C1C=CC2=Nc3ccccc3COC2=C1. The number of ether oxygens (including phenoxy) is 1. The number of allylic oxidation sites excluding steroid dienone is 3. The summed E-state index contributed by atoms with van der Waals surface area (Å²) in [5.74, 6) is 0.503. The van der Waals surface area contributed by atoms with Crippen molar-refractivity contribution in [1.29, 1.82) is 0 Å². The number of fused-ring (bicyclic) bond motifs is 2. The Kier molecular flexibility index (Phi) is 1.96. The van der Waals surface area contributed by atoms with Crippen LogP contribution in [0.4, 0.5) is 5.69 Å². The minimum absolute atomic E-state index is 0.0556. The van der Waals surface area contributed by atoms with E-state index in [0.717, 1.165) is 11.3 Å². The maximum atomic E-state index is 11.2. The summed E-state index contributed by atoms with van der Waals surface area (Å²) >= 11 is 0. The molecule has 3 rings (SSSR count). The van der Waals surface area contributed by atoms with Crippen LogP contribution in [0.25, 0.3) is 0 Å². The van der Waals surface area contributed by atoms with E-state index < -0.39 is 0 Å². The molecule has 0 radical (unpaired) electrons. The van der Waals surface area contributed by atoms with Crippen molar-refractivity contribution < 1.29 is 9.53 Å². The number of ketones is 1. The van der Waals surface area contributed by atoms with Crippen LogP contribution in [0.3, 0.4) is 0 Å². The molecule has 0 fully saturated rings. The van der Waals surface area contributed by atoms with E-state index in [4.69, 9.17) is 4.74 Å². The summed E-state index contributed by atoms with van der Waals surface area (Å²) < 4.78 is 5.56. The fraction of sp³-hybridized carbons (Fsp3) is 0.0769. The second-order valence-electron chi connectivity index (χ2n) is 3.66. The highest BCUT2D eigenvalue weighted by molar-refractivity contribution is 6.19. The average Bonchev–Trinajstić information content (AvgIpc) is 2.48. The van der Waals surface area contributed by atoms with Crippen LogP contribution in [0.1, 0.15) is 5.56 Å². The summed E-state index contributed by atoms with van der Waals surface area (Å²) in [6.45, 7) is 0.454. The van der Waals surface area contributed by atoms with E-state index >= 15 is 0 Å². The second kappa shape index (κ2) is 3.45. The standard InChI is InChI=1S/C13H9NO2/c15-10-5-6-12-13(7-10)16-8-9-3-1-2-4-11(9)14-12/h1-7H,8H2. The molecule has 0 amide bonds. The molecule has 1 aromatic carbocycles. The van der Waals surface area contributed by atoms with Crippen molar-refractivity contribution >= 4 is 17.2 Å². The predicted octanol–water partition coefficient (Wildman–Crippen LogP) is 2.31. The number of hydrogen-bond donors (Lipinski definition) is 0. The van der Waals surface area contributed by atoms with Crippen LogP contribution in [-0.2, 0) is 16.1 Å². The van der Waals surface area contributed by atoms with Crippen molar-refractivity contribution in [3.8, 4) is 0 Å². The molecule has 1 aromatic rings. The first kappa shape index (κ1) is 9.09. The van der Waals surface area contributed by atoms with Gasteiger partial charge in [-0.3, -0.25) is 4.79 Å². The highest BCUT2D eigenvalue weighted by Crippen LogP contribution is 2.26. The van der Waals surface area contributed by atoms with Gasteiger partial charge in [-0.05, 0) is 18.2 Å². The number of benzene rings is 1. The Morgan fingerprint density at radius 1 is 1.19 bits per heavy atom. The van der Waals surface area contributed by atoms with E-state index in [1.165, 1.54) is 12.2 Å². The Hall–Kier alpha value is -2.16. The van der Waals surface area contributed by atoms with Gasteiger partial charge < -0.3 is 4.74 Å². The quantitative estimate of drug-likeness (QED) is 0.617. The zero-order valence-corrected chi connectivity index (χ0v) is 8.51. The van der Waals surface area contributed by atoms with E-state index in [2.05, 4.69) is 4.99 Å². The van der Waals surface area contributed by atoms with Crippen molar-refractivity contribution in [1.82, 2.24) is 0 Å². The fourth-order valence-corrected chi connectivity index (χ4v) is 1.73. The summed E-state index contributed by atoms with van der Waals surface area (Å²) in [5, 5.41) is 0. The van der Waals surface area contributed by atoms with Crippen molar-refractivity contribution in [2.45, 2.75) is 6.61 Å². The molecule has 0 spiro atoms. The molecule has 1 heterocycles. The molecule has 0 N–H and O–H groups in total. The van der Waals surface area contributed by atoms with Crippen LogP contribution < -0.4 is 0 Å². The van der Waals surface area contributed by atoms with E-state index in [1.807, 2.05) is 24.3 Å². The molecule has 0 saturated heterocycles. The lowest BCUT2D eigenvalue weighted by Crippen LogP contribution is -2.09. The van der Waals surface area contributed by atoms with E-state index in [1.54, 1.807) is 6.08 Å². The number of para-hydroxylation sites is 1. The van der Waals surface area contributed by atoms with Crippen LogP contribution in [-0.4, -0.2) is 11.5 Å². The molecule has 1 aliphatic heterocycles. The Balaban J connectivity index is 2.12. The summed E-state index contributed by atoms with van der Waals surface area (Å²) in [6.07, 6.45) is 4.67. The predicted molar refractivity (Wildman–Crippen MR) is 60.6 cm³/mol. The lowest BCUT2D eigenvalue weighted by molar-refractivity contribution is -0.110. The molecule has 0 bridgehead atoms. The van der Waals surface area contributed by atoms with Gasteiger partial charge in [0.05, 0.1) is 5.69 Å². The number of hydrogen-bond acceptors (Lipinski definition) is 3. The van der Waals surface area contributed by atoms with Crippen molar-refractivity contribution in [3.05, 3.63) is 53.8 Å². The minimum Gasteiger partial charge on any atom is -0.486 e. The van der Waals surface area contributed by atoms with Gasteiger partial charge in [-0.15, -0.1) is 0 Å². The van der Waals surface area contributed by atoms with Gasteiger partial charge in [0.1, 0.15) is 18.1 Å². The molecule has 3 heteroatoms. The highest BCUT2D eigenvalue weighted by atomic mass is 16.5. The van der Waals surface area contributed by atoms with Crippen LogP contribution in [0.5, 0.6) is 0 Å². The third-order valence-corrected chi connectivity index (χ3v) is 2.55. The van der Waals surface area contributed by atoms with Crippen molar-refractivity contribution in [3.63, 3.8) is 0 Å². The Morgan fingerprint density at radius 2 is 2.06 bits per heavy atom. The molecule has 0 unspecified atom stereocenters. The van der Waals surface area contributed by atoms with Gasteiger partial charge in [0, 0.05) is 11.6 Å². The van der Waals surface area contributed by atoms with Gasteiger partial charge >= 0.3 is 0 Å². The first-order valence-corrected chi connectivity index (χ1v) is 5.06. The Morgan fingerprint density at radius 3 is 3.00 bits per heavy atom. The van der Waals surface area contributed by atoms with Crippen LogP contribution in [0.15, 0.2) is 53.2 Å². The number of rotatable bonds is 0. The minimum atomic E-state index is -0.0556. The maximum Gasteiger partial charge on any atom is 0.182 e. The molecule has 0 saturated carbocycles. The van der Waals surface area contributed by atoms with Gasteiger partial charge in [0.25, 0.3) is 0 Å². The topological polar surface area (TPSA) is 38.7 Å². The molecular weight excluding hydrogens is 202 g/mol. The molecule has 78 valence electrons. The summed E-state index contributed by atoms with van der Waals surface area (Å²) in [4.78, 5) is 15.7. The smallest absolute Gasteiger partial charge is 0.182 e. The van der Waals surface area contributed by atoms with Crippen LogP contribution in [0.2, 0.25) is 0 Å². The first-order valence-electron chi connectivity index (χ1n) is 5.06. The Labute approximate surface area is 92.8 Å². The summed E-state index contributed by atoms with van der Waals surface area (Å²) in [7, 11) is 0. The molecule has 0 aromatic heterocycles. The highest BCUT2D eigenvalue weighted by Gasteiger charge is 2.17. The average molecular weight is 211 g/mol. The zero-order chi connectivity index (χ0) is 11.0. The number of aliphatic imine (C=N–C) groups is 1. The normalized spacial score (nSPS) is 17.6. The fourth-order valence-electron chi connectivity index (χ4n) is 1.73. The van der Waals surface area contributed by atoms with Gasteiger partial charge in [-0.1, -0.05) is 18.2 Å². The third-order valence-electron chi connectivity index (χ3n) is 2.55. The van der Waals surface area contributed by atoms with E-state index in [0.29, 0.717) is 18.1 Å². The number of nitrogens with zero attached hydrogens (tertiary/aromatic N) is 1.